The Labute approximate surface area is 147 Å². The molecule has 0 aromatic heterocycles. The lowest BCUT2D eigenvalue weighted by molar-refractivity contribution is -0.113. The fraction of sp³-hybridized carbons (Fsp3) is 0.278. The van der Waals surface area contributed by atoms with Gasteiger partial charge in [0, 0.05) is 17.7 Å². The summed E-state index contributed by atoms with van der Waals surface area (Å²) in [7, 11) is -3.29. The summed E-state index contributed by atoms with van der Waals surface area (Å²) in [5, 5.41) is 2.80. The van der Waals surface area contributed by atoms with Gasteiger partial charge in [0.2, 0.25) is 5.91 Å². The number of carbonyl (C=O) groups excluding carboxylic acids is 1. The average Bonchev–Trinajstić information content (AvgIpc) is 2.48. The number of benzene rings is 2. The van der Waals surface area contributed by atoms with Crippen LogP contribution in [0.25, 0.3) is 0 Å². The average molecular weight is 364 g/mol. The molecule has 0 saturated carbocycles. The van der Waals surface area contributed by atoms with E-state index in [2.05, 4.69) is 11.4 Å². The van der Waals surface area contributed by atoms with Crippen LogP contribution in [0, 0.1) is 13.8 Å². The minimum Gasteiger partial charge on any atom is -0.325 e. The molecule has 1 N–H and O–H groups in total. The zero-order valence-electron chi connectivity index (χ0n) is 14.0. The molecule has 2 aromatic carbocycles. The zero-order chi connectivity index (χ0) is 17.7. The standard InChI is InChI=1S/C18H21NO3S2/c1-13-5-4-6-15(9-13)11-23-12-18(20)19-17-10-16(24(3,21)22)8-7-14(17)2/h4-10H,11-12H2,1-3H3,(H,19,20). The summed E-state index contributed by atoms with van der Waals surface area (Å²) < 4.78 is 23.2. The number of thioether (sulfide) groups is 1. The molecule has 2 rings (SSSR count). The van der Waals surface area contributed by atoms with Gasteiger partial charge in [0.05, 0.1) is 10.6 Å². The van der Waals surface area contributed by atoms with Gasteiger partial charge in [-0.3, -0.25) is 4.79 Å². The zero-order valence-corrected chi connectivity index (χ0v) is 15.6. The summed E-state index contributed by atoms with van der Waals surface area (Å²) >= 11 is 1.53. The van der Waals surface area contributed by atoms with Gasteiger partial charge in [0.1, 0.15) is 0 Å². The van der Waals surface area contributed by atoms with Crippen LogP contribution >= 0.6 is 11.8 Å². The predicted molar refractivity (Wildman–Crippen MR) is 100 cm³/mol. The van der Waals surface area contributed by atoms with Crippen molar-refractivity contribution in [2.24, 2.45) is 0 Å². The second-order valence-electron chi connectivity index (χ2n) is 5.78. The van der Waals surface area contributed by atoms with Crippen molar-refractivity contribution in [1.82, 2.24) is 0 Å². The second-order valence-corrected chi connectivity index (χ2v) is 8.78. The molecule has 0 aliphatic rings. The van der Waals surface area contributed by atoms with Crippen molar-refractivity contribution < 1.29 is 13.2 Å². The van der Waals surface area contributed by atoms with Crippen LogP contribution in [0.15, 0.2) is 47.4 Å². The van der Waals surface area contributed by atoms with Crippen LogP contribution in [0.3, 0.4) is 0 Å². The largest absolute Gasteiger partial charge is 0.325 e. The van der Waals surface area contributed by atoms with E-state index in [9.17, 15) is 13.2 Å². The molecule has 24 heavy (non-hydrogen) atoms. The van der Waals surface area contributed by atoms with Crippen molar-refractivity contribution in [3.05, 3.63) is 59.2 Å². The highest BCUT2D eigenvalue weighted by Crippen LogP contribution is 2.21. The molecular weight excluding hydrogens is 342 g/mol. The third-order valence-electron chi connectivity index (χ3n) is 3.50. The molecule has 1 amide bonds. The van der Waals surface area contributed by atoms with Crippen LogP contribution < -0.4 is 5.32 Å². The number of aryl methyl sites for hydroxylation is 2. The van der Waals surface area contributed by atoms with Gasteiger partial charge in [-0.05, 0) is 37.1 Å². The molecule has 2 aromatic rings. The molecular formula is C18H21NO3S2. The highest BCUT2D eigenvalue weighted by Gasteiger charge is 2.11. The fourth-order valence-electron chi connectivity index (χ4n) is 2.22. The molecule has 0 spiro atoms. The maximum atomic E-state index is 12.1. The summed E-state index contributed by atoms with van der Waals surface area (Å²) in [6.07, 6.45) is 1.15. The quantitative estimate of drug-likeness (QED) is 0.852. The van der Waals surface area contributed by atoms with Crippen molar-refractivity contribution in [1.29, 1.82) is 0 Å². The molecule has 0 saturated heterocycles. The normalized spacial score (nSPS) is 11.3. The summed E-state index contributed by atoms with van der Waals surface area (Å²) in [6.45, 7) is 3.87. The lowest BCUT2D eigenvalue weighted by Gasteiger charge is -2.10. The molecule has 128 valence electrons. The molecule has 0 bridgehead atoms. The van der Waals surface area contributed by atoms with E-state index in [-0.39, 0.29) is 10.8 Å². The van der Waals surface area contributed by atoms with Crippen LogP contribution in [-0.2, 0) is 20.4 Å². The SMILES string of the molecule is Cc1cccc(CSCC(=O)Nc2cc(S(C)(=O)=O)ccc2C)c1. The van der Waals surface area contributed by atoms with Crippen LogP contribution in [-0.4, -0.2) is 26.3 Å². The Morgan fingerprint density at radius 1 is 1.12 bits per heavy atom. The van der Waals surface area contributed by atoms with Crippen molar-refractivity contribution in [2.75, 3.05) is 17.3 Å². The molecule has 0 fully saturated rings. The molecule has 0 aliphatic carbocycles. The topological polar surface area (TPSA) is 63.2 Å². The van der Waals surface area contributed by atoms with Crippen LogP contribution in [0.4, 0.5) is 5.69 Å². The van der Waals surface area contributed by atoms with Crippen molar-refractivity contribution in [3.8, 4) is 0 Å². The third kappa shape index (κ3) is 5.39. The van der Waals surface area contributed by atoms with E-state index in [0.717, 1.165) is 17.6 Å². The highest BCUT2D eigenvalue weighted by atomic mass is 32.2. The molecule has 0 aliphatic heterocycles. The first-order valence-electron chi connectivity index (χ1n) is 7.49. The number of hydrogen-bond donors (Lipinski definition) is 1. The Bertz CT molecular complexity index is 845. The van der Waals surface area contributed by atoms with Gasteiger partial charge in [-0.1, -0.05) is 35.9 Å². The number of carbonyl (C=O) groups is 1. The van der Waals surface area contributed by atoms with Gasteiger partial charge in [0.25, 0.3) is 0 Å². The Hall–Kier alpha value is -1.79. The van der Waals surface area contributed by atoms with Gasteiger partial charge in [0.15, 0.2) is 9.84 Å². The molecule has 0 heterocycles. The Morgan fingerprint density at radius 3 is 2.54 bits per heavy atom. The van der Waals surface area contributed by atoms with Crippen LogP contribution in [0.2, 0.25) is 0 Å². The van der Waals surface area contributed by atoms with Gasteiger partial charge >= 0.3 is 0 Å². The van der Waals surface area contributed by atoms with Gasteiger partial charge in [-0.2, -0.15) is 0 Å². The van der Waals surface area contributed by atoms with E-state index in [1.54, 1.807) is 12.1 Å². The monoisotopic (exact) mass is 363 g/mol. The summed E-state index contributed by atoms with van der Waals surface area (Å²) in [5.74, 6) is 0.940. The van der Waals surface area contributed by atoms with Crippen molar-refractivity contribution in [2.45, 2.75) is 24.5 Å². The first-order valence-corrected chi connectivity index (χ1v) is 10.5. The Kier molecular flexibility index (Phi) is 6.07. The number of rotatable bonds is 6. The second kappa shape index (κ2) is 7.85. The van der Waals surface area contributed by atoms with E-state index in [1.165, 1.54) is 29.0 Å². The number of amides is 1. The number of sulfone groups is 1. The number of nitrogens with one attached hydrogen (secondary N) is 1. The summed E-state index contributed by atoms with van der Waals surface area (Å²) in [6, 6.07) is 12.9. The summed E-state index contributed by atoms with van der Waals surface area (Å²) in [5.41, 5.74) is 3.76. The predicted octanol–water partition coefficient (Wildman–Crippen LogP) is 3.58. The molecule has 0 radical (unpaired) electrons. The molecule has 4 nitrogen and oxygen atoms in total. The van der Waals surface area contributed by atoms with E-state index in [0.29, 0.717) is 11.4 Å². The molecule has 6 heteroatoms. The molecule has 0 unspecified atom stereocenters. The summed E-state index contributed by atoms with van der Waals surface area (Å²) in [4.78, 5) is 12.3. The molecule has 0 atom stereocenters. The van der Waals surface area contributed by atoms with Crippen molar-refractivity contribution in [3.63, 3.8) is 0 Å². The smallest absolute Gasteiger partial charge is 0.234 e. The van der Waals surface area contributed by atoms with Crippen LogP contribution in [0.1, 0.15) is 16.7 Å². The fourth-order valence-corrected chi connectivity index (χ4v) is 3.64. The Balaban J connectivity index is 1.95. The highest BCUT2D eigenvalue weighted by molar-refractivity contribution is 7.99. The first-order chi connectivity index (χ1) is 11.3. The van der Waals surface area contributed by atoms with Gasteiger partial charge in [-0.25, -0.2) is 8.42 Å². The van der Waals surface area contributed by atoms with Gasteiger partial charge in [-0.15, -0.1) is 11.8 Å². The van der Waals surface area contributed by atoms with Crippen molar-refractivity contribution >= 4 is 33.2 Å². The van der Waals surface area contributed by atoms with E-state index in [4.69, 9.17) is 0 Å². The maximum absolute atomic E-state index is 12.1. The Morgan fingerprint density at radius 2 is 1.88 bits per heavy atom. The lowest BCUT2D eigenvalue weighted by Crippen LogP contribution is -2.15. The van der Waals surface area contributed by atoms with Gasteiger partial charge < -0.3 is 5.32 Å². The van der Waals surface area contributed by atoms with E-state index < -0.39 is 9.84 Å². The van der Waals surface area contributed by atoms with Crippen LogP contribution in [0.5, 0.6) is 0 Å². The van der Waals surface area contributed by atoms with E-state index >= 15 is 0 Å². The number of hydrogen-bond acceptors (Lipinski definition) is 4. The van der Waals surface area contributed by atoms with E-state index in [1.807, 2.05) is 32.0 Å². The maximum Gasteiger partial charge on any atom is 0.234 e. The lowest BCUT2D eigenvalue weighted by atomic mass is 10.2. The minimum absolute atomic E-state index is 0.138. The minimum atomic E-state index is -3.29. The third-order valence-corrected chi connectivity index (χ3v) is 5.61. The number of anilines is 1. The first kappa shape index (κ1) is 18.5.